The number of piperidine rings is 1. The highest BCUT2D eigenvalue weighted by atomic mass is 16.2. The molecule has 154 valence electrons. The number of amides is 2. The lowest BCUT2D eigenvalue weighted by atomic mass is 9.97. The van der Waals surface area contributed by atoms with Crippen LogP contribution in [-0.4, -0.2) is 29.8 Å². The number of primary amides is 1. The molecule has 1 aliphatic rings. The van der Waals surface area contributed by atoms with Crippen LogP contribution in [0.25, 0.3) is 0 Å². The number of hydrogen-bond acceptors (Lipinski definition) is 3. The number of nitrogens with two attached hydrogens (primary N) is 1. The van der Waals surface area contributed by atoms with Gasteiger partial charge in [-0.1, -0.05) is 48.0 Å². The lowest BCUT2D eigenvalue weighted by molar-refractivity contribution is -0.123. The molecule has 1 saturated heterocycles. The van der Waals surface area contributed by atoms with Crippen molar-refractivity contribution in [3.63, 3.8) is 0 Å². The summed E-state index contributed by atoms with van der Waals surface area (Å²) in [6.45, 7) is 4.42. The van der Waals surface area contributed by atoms with Gasteiger partial charge in [-0.2, -0.15) is 0 Å². The number of carbonyl (C=O) groups is 2. The Morgan fingerprint density at radius 2 is 1.90 bits per heavy atom. The molecule has 5 heteroatoms. The van der Waals surface area contributed by atoms with Crippen LogP contribution in [0.5, 0.6) is 0 Å². The standard InChI is InChI=1S/C24H31N3O2/c1-18-11-13-19(14-12-18)6-4-10-23(28)26-22-9-3-2-7-20(22)16-27-15-5-8-21(17-27)24(25)29/h2-3,7,9,11-14,21H,4-6,8,10,15-17H2,1H3,(H2,25,29)(H,26,28). The van der Waals surface area contributed by atoms with E-state index < -0.39 is 0 Å². The van der Waals surface area contributed by atoms with E-state index in [1.807, 2.05) is 24.3 Å². The topological polar surface area (TPSA) is 75.4 Å². The largest absolute Gasteiger partial charge is 0.369 e. The van der Waals surface area contributed by atoms with E-state index in [-0.39, 0.29) is 17.7 Å². The second kappa shape index (κ2) is 10.2. The summed E-state index contributed by atoms with van der Waals surface area (Å²) in [5, 5.41) is 3.07. The van der Waals surface area contributed by atoms with Gasteiger partial charge in [0.05, 0.1) is 5.92 Å². The van der Waals surface area contributed by atoms with Crippen LogP contribution in [0.1, 0.15) is 42.4 Å². The summed E-state index contributed by atoms with van der Waals surface area (Å²) in [5.74, 6) is -0.254. The molecule has 0 aliphatic carbocycles. The van der Waals surface area contributed by atoms with Gasteiger partial charge in [0.1, 0.15) is 0 Å². The molecule has 2 aromatic carbocycles. The second-order valence-corrected chi connectivity index (χ2v) is 8.02. The molecular formula is C24H31N3O2. The van der Waals surface area contributed by atoms with Gasteiger partial charge in [-0.15, -0.1) is 0 Å². The van der Waals surface area contributed by atoms with Gasteiger partial charge in [0.15, 0.2) is 0 Å². The monoisotopic (exact) mass is 393 g/mol. The van der Waals surface area contributed by atoms with Crippen molar-refractivity contribution >= 4 is 17.5 Å². The molecule has 2 amide bonds. The quantitative estimate of drug-likeness (QED) is 0.719. The number of aryl methyl sites for hydroxylation is 2. The van der Waals surface area contributed by atoms with E-state index in [1.54, 1.807) is 0 Å². The molecule has 0 spiro atoms. The molecule has 1 fully saturated rings. The first-order chi connectivity index (χ1) is 14.0. The average molecular weight is 394 g/mol. The molecule has 1 heterocycles. The Hall–Kier alpha value is -2.66. The maximum atomic E-state index is 12.5. The Balaban J connectivity index is 1.52. The van der Waals surface area contributed by atoms with E-state index in [4.69, 9.17) is 5.73 Å². The fourth-order valence-corrected chi connectivity index (χ4v) is 3.87. The first-order valence-corrected chi connectivity index (χ1v) is 10.5. The third-order valence-corrected chi connectivity index (χ3v) is 5.58. The van der Waals surface area contributed by atoms with Crippen LogP contribution in [0.15, 0.2) is 48.5 Å². The fraction of sp³-hybridized carbons (Fsp3) is 0.417. The number of anilines is 1. The molecule has 0 radical (unpaired) electrons. The number of nitrogens with one attached hydrogen (secondary N) is 1. The third-order valence-electron chi connectivity index (χ3n) is 5.58. The Morgan fingerprint density at radius 3 is 2.66 bits per heavy atom. The minimum absolute atomic E-state index is 0.0400. The Morgan fingerprint density at radius 1 is 1.14 bits per heavy atom. The van der Waals surface area contributed by atoms with Gasteiger partial charge in [0.25, 0.3) is 0 Å². The molecule has 1 atom stereocenters. The van der Waals surface area contributed by atoms with E-state index >= 15 is 0 Å². The zero-order valence-corrected chi connectivity index (χ0v) is 17.2. The summed E-state index contributed by atoms with van der Waals surface area (Å²) in [6, 6.07) is 16.4. The minimum atomic E-state index is -0.218. The van der Waals surface area contributed by atoms with Crippen LogP contribution in [-0.2, 0) is 22.6 Å². The van der Waals surface area contributed by atoms with Crippen molar-refractivity contribution in [1.82, 2.24) is 4.90 Å². The number of hydrogen-bond donors (Lipinski definition) is 2. The molecule has 0 saturated carbocycles. The molecular weight excluding hydrogens is 362 g/mol. The number of rotatable bonds is 8. The maximum Gasteiger partial charge on any atom is 0.224 e. The number of likely N-dealkylation sites (tertiary alicyclic amines) is 1. The van der Waals surface area contributed by atoms with Gasteiger partial charge in [0.2, 0.25) is 11.8 Å². The van der Waals surface area contributed by atoms with Crippen LogP contribution >= 0.6 is 0 Å². The number of carbonyl (C=O) groups excluding carboxylic acids is 2. The second-order valence-electron chi connectivity index (χ2n) is 8.02. The Bertz CT molecular complexity index is 832. The number of nitrogens with zero attached hydrogens (tertiary/aromatic N) is 1. The van der Waals surface area contributed by atoms with Gasteiger partial charge >= 0.3 is 0 Å². The van der Waals surface area contributed by atoms with Crippen molar-refractivity contribution in [2.45, 2.75) is 45.6 Å². The zero-order valence-electron chi connectivity index (χ0n) is 17.2. The van der Waals surface area contributed by atoms with E-state index in [9.17, 15) is 9.59 Å². The summed E-state index contributed by atoms with van der Waals surface area (Å²) >= 11 is 0. The van der Waals surface area contributed by atoms with Gasteiger partial charge in [-0.3, -0.25) is 14.5 Å². The van der Waals surface area contributed by atoms with E-state index in [0.29, 0.717) is 19.5 Å². The average Bonchev–Trinajstić information content (AvgIpc) is 2.71. The Labute approximate surface area is 173 Å². The molecule has 2 aromatic rings. The lowest BCUT2D eigenvalue weighted by Gasteiger charge is -2.31. The van der Waals surface area contributed by atoms with Crippen LogP contribution < -0.4 is 11.1 Å². The number of para-hydroxylation sites is 1. The molecule has 29 heavy (non-hydrogen) atoms. The van der Waals surface area contributed by atoms with Crippen LogP contribution in [0.4, 0.5) is 5.69 Å². The van der Waals surface area contributed by atoms with Crippen LogP contribution in [0.2, 0.25) is 0 Å². The molecule has 5 nitrogen and oxygen atoms in total. The van der Waals surface area contributed by atoms with Crippen molar-refractivity contribution < 1.29 is 9.59 Å². The van der Waals surface area contributed by atoms with Crippen molar-refractivity contribution in [3.05, 3.63) is 65.2 Å². The molecule has 0 bridgehead atoms. The van der Waals surface area contributed by atoms with Gasteiger partial charge in [0, 0.05) is 25.2 Å². The highest BCUT2D eigenvalue weighted by Crippen LogP contribution is 2.22. The molecule has 1 aliphatic heterocycles. The SMILES string of the molecule is Cc1ccc(CCCC(=O)Nc2ccccc2CN2CCCC(C(N)=O)C2)cc1. The zero-order chi connectivity index (χ0) is 20.6. The molecule has 3 rings (SSSR count). The summed E-state index contributed by atoms with van der Waals surface area (Å²) < 4.78 is 0. The Kier molecular flexibility index (Phi) is 7.42. The first-order valence-electron chi connectivity index (χ1n) is 10.5. The van der Waals surface area contributed by atoms with Crippen molar-refractivity contribution in [2.24, 2.45) is 11.7 Å². The third kappa shape index (κ3) is 6.43. The highest BCUT2D eigenvalue weighted by Gasteiger charge is 2.24. The lowest BCUT2D eigenvalue weighted by Crippen LogP contribution is -2.40. The van der Waals surface area contributed by atoms with Gasteiger partial charge in [-0.05, 0) is 56.3 Å². The fourth-order valence-electron chi connectivity index (χ4n) is 3.87. The smallest absolute Gasteiger partial charge is 0.224 e. The summed E-state index contributed by atoms with van der Waals surface area (Å²) in [5.41, 5.74) is 9.93. The molecule has 1 unspecified atom stereocenters. The maximum absolute atomic E-state index is 12.5. The van der Waals surface area contributed by atoms with Crippen LogP contribution in [0, 0.1) is 12.8 Å². The molecule has 3 N–H and O–H groups in total. The predicted molar refractivity (Wildman–Crippen MR) is 116 cm³/mol. The van der Waals surface area contributed by atoms with E-state index in [1.165, 1.54) is 11.1 Å². The van der Waals surface area contributed by atoms with Gasteiger partial charge < -0.3 is 11.1 Å². The first kappa shape index (κ1) is 21.1. The summed E-state index contributed by atoms with van der Waals surface area (Å²) in [4.78, 5) is 26.2. The van der Waals surface area contributed by atoms with E-state index in [2.05, 4.69) is 41.4 Å². The van der Waals surface area contributed by atoms with Crippen molar-refractivity contribution in [3.8, 4) is 0 Å². The van der Waals surface area contributed by atoms with E-state index in [0.717, 1.165) is 43.5 Å². The van der Waals surface area contributed by atoms with Crippen LogP contribution in [0.3, 0.4) is 0 Å². The van der Waals surface area contributed by atoms with Gasteiger partial charge in [-0.25, -0.2) is 0 Å². The summed E-state index contributed by atoms with van der Waals surface area (Å²) in [6.07, 6.45) is 4.06. The van der Waals surface area contributed by atoms with Crippen molar-refractivity contribution in [2.75, 3.05) is 18.4 Å². The predicted octanol–water partition coefficient (Wildman–Crippen LogP) is 3.65. The highest BCUT2D eigenvalue weighted by molar-refractivity contribution is 5.91. The summed E-state index contributed by atoms with van der Waals surface area (Å²) in [7, 11) is 0. The normalized spacial score (nSPS) is 17.1. The van der Waals surface area contributed by atoms with Crippen molar-refractivity contribution in [1.29, 1.82) is 0 Å². The minimum Gasteiger partial charge on any atom is -0.369 e. The number of benzene rings is 2. The molecule has 0 aromatic heterocycles.